The first kappa shape index (κ1) is 15.4. The molecule has 1 aliphatic carbocycles. The first-order valence-electron chi connectivity index (χ1n) is 8.09. The number of Topliss-reactive ketones (excluding diaryl/α,β-unsaturated/α-hetero) is 1. The highest BCUT2D eigenvalue weighted by molar-refractivity contribution is 6.14. The van der Waals surface area contributed by atoms with Crippen LogP contribution in [-0.4, -0.2) is 18.9 Å². The van der Waals surface area contributed by atoms with Crippen molar-refractivity contribution in [2.45, 2.75) is 12.8 Å². The second-order valence-corrected chi connectivity index (χ2v) is 6.04. The Bertz CT molecular complexity index is 893. The number of para-hydroxylation sites is 1. The number of rotatable bonds is 4. The fraction of sp³-hybridized carbons (Fsp3) is 0.200. The quantitative estimate of drug-likeness (QED) is 0.485. The van der Waals surface area contributed by atoms with Crippen molar-refractivity contribution >= 4 is 17.8 Å². The van der Waals surface area contributed by atoms with Gasteiger partial charge in [0.25, 0.3) is 0 Å². The molecule has 0 amide bonds. The molecular weight excluding hydrogens is 320 g/mol. The van der Waals surface area contributed by atoms with Crippen molar-refractivity contribution in [1.29, 1.82) is 0 Å². The lowest BCUT2D eigenvalue weighted by atomic mass is 10.1. The Labute approximate surface area is 144 Å². The molecule has 5 heteroatoms. The summed E-state index contributed by atoms with van der Waals surface area (Å²) in [6.07, 6.45) is 3.35. The third-order valence-corrected chi connectivity index (χ3v) is 4.20. The number of fused-ring (bicyclic) bond motifs is 1. The molecule has 0 spiro atoms. The fourth-order valence-corrected chi connectivity index (χ4v) is 2.64. The van der Waals surface area contributed by atoms with Crippen LogP contribution in [0.5, 0.6) is 17.2 Å². The number of methoxy groups -OCH3 is 1. The van der Waals surface area contributed by atoms with Gasteiger partial charge in [-0.25, -0.2) is 0 Å². The second-order valence-electron chi connectivity index (χ2n) is 6.04. The molecule has 0 N–H and O–H groups in total. The van der Waals surface area contributed by atoms with Crippen LogP contribution in [-0.2, 0) is 4.79 Å². The summed E-state index contributed by atoms with van der Waals surface area (Å²) in [5.41, 5.74) is 1.11. The molecule has 0 radical (unpaired) electrons. The Hall–Kier alpha value is -3.08. The van der Waals surface area contributed by atoms with Crippen molar-refractivity contribution in [2.24, 2.45) is 5.92 Å². The van der Waals surface area contributed by atoms with Crippen LogP contribution in [0.25, 0.3) is 6.08 Å². The molecule has 2 aliphatic rings. The summed E-state index contributed by atoms with van der Waals surface area (Å²) in [5.74, 6) is 1.27. The van der Waals surface area contributed by atoms with E-state index in [2.05, 4.69) is 0 Å². The highest BCUT2D eigenvalue weighted by Crippen LogP contribution is 2.36. The van der Waals surface area contributed by atoms with Gasteiger partial charge < -0.3 is 14.2 Å². The number of esters is 1. The Morgan fingerprint density at radius 2 is 2.00 bits per heavy atom. The monoisotopic (exact) mass is 336 g/mol. The molecule has 1 heterocycles. The molecule has 0 unspecified atom stereocenters. The van der Waals surface area contributed by atoms with Crippen LogP contribution >= 0.6 is 0 Å². The first-order chi connectivity index (χ1) is 12.2. The Balaban J connectivity index is 1.63. The van der Waals surface area contributed by atoms with Crippen LogP contribution in [0.15, 0.2) is 48.2 Å². The summed E-state index contributed by atoms with van der Waals surface area (Å²) in [4.78, 5) is 24.4. The second kappa shape index (κ2) is 6.09. The van der Waals surface area contributed by atoms with E-state index in [4.69, 9.17) is 14.2 Å². The highest BCUT2D eigenvalue weighted by Gasteiger charge is 2.32. The van der Waals surface area contributed by atoms with E-state index in [1.165, 1.54) is 0 Å². The van der Waals surface area contributed by atoms with Gasteiger partial charge in [-0.2, -0.15) is 0 Å². The average molecular weight is 336 g/mol. The molecule has 1 aliphatic heterocycles. The maximum Gasteiger partial charge on any atom is 0.314 e. The molecule has 2 aromatic carbocycles. The molecule has 5 nitrogen and oxygen atoms in total. The van der Waals surface area contributed by atoms with Crippen LogP contribution in [0, 0.1) is 5.92 Å². The number of carbonyl (C=O) groups is 2. The summed E-state index contributed by atoms with van der Waals surface area (Å²) >= 11 is 0. The standard InChI is InChI=1S/C20H16O5/c1-23-14-8-9-15-17(11-14)24-18(19(15)21)10-13-4-2-3-5-16(13)25-20(22)12-6-7-12/h2-5,8-12H,6-7H2,1H3/b18-10-. The largest absolute Gasteiger partial charge is 0.497 e. The molecule has 1 fully saturated rings. The zero-order valence-corrected chi connectivity index (χ0v) is 13.7. The summed E-state index contributed by atoms with van der Waals surface area (Å²) < 4.78 is 16.3. The van der Waals surface area contributed by atoms with Crippen molar-refractivity contribution in [3.63, 3.8) is 0 Å². The predicted molar refractivity (Wildman–Crippen MR) is 90.7 cm³/mol. The maximum atomic E-state index is 12.5. The number of hydrogen-bond donors (Lipinski definition) is 0. The smallest absolute Gasteiger partial charge is 0.314 e. The van der Waals surface area contributed by atoms with E-state index in [0.717, 1.165) is 12.8 Å². The zero-order valence-electron chi connectivity index (χ0n) is 13.7. The van der Waals surface area contributed by atoms with Crippen molar-refractivity contribution < 1.29 is 23.8 Å². The van der Waals surface area contributed by atoms with Gasteiger partial charge in [0.15, 0.2) is 5.76 Å². The summed E-state index contributed by atoms with van der Waals surface area (Å²) in [6, 6.07) is 12.2. The van der Waals surface area contributed by atoms with Crippen molar-refractivity contribution in [3.8, 4) is 17.2 Å². The van der Waals surface area contributed by atoms with Gasteiger partial charge in [-0.05, 0) is 37.1 Å². The van der Waals surface area contributed by atoms with Gasteiger partial charge in [-0.15, -0.1) is 0 Å². The van der Waals surface area contributed by atoms with E-state index in [1.54, 1.807) is 49.6 Å². The first-order valence-corrected chi connectivity index (χ1v) is 8.09. The van der Waals surface area contributed by atoms with Gasteiger partial charge in [0.05, 0.1) is 18.6 Å². The number of ketones is 1. The van der Waals surface area contributed by atoms with Crippen molar-refractivity contribution in [3.05, 3.63) is 59.4 Å². The van der Waals surface area contributed by atoms with E-state index >= 15 is 0 Å². The third kappa shape index (κ3) is 3.01. The fourth-order valence-electron chi connectivity index (χ4n) is 2.64. The zero-order chi connectivity index (χ0) is 17.4. The van der Waals surface area contributed by atoms with Gasteiger partial charge in [0.2, 0.25) is 5.78 Å². The number of benzene rings is 2. The van der Waals surface area contributed by atoms with Gasteiger partial charge >= 0.3 is 5.97 Å². The minimum atomic E-state index is -0.225. The number of carbonyl (C=O) groups excluding carboxylic acids is 2. The number of ether oxygens (including phenoxy) is 3. The molecule has 0 saturated heterocycles. The molecule has 0 bridgehead atoms. The minimum absolute atomic E-state index is 0.00166. The lowest BCUT2D eigenvalue weighted by Crippen LogP contribution is -2.10. The van der Waals surface area contributed by atoms with Gasteiger partial charge in [-0.1, -0.05) is 18.2 Å². The van der Waals surface area contributed by atoms with Crippen LogP contribution in [0.3, 0.4) is 0 Å². The van der Waals surface area contributed by atoms with Crippen molar-refractivity contribution in [1.82, 2.24) is 0 Å². The van der Waals surface area contributed by atoms with Crippen LogP contribution in [0.1, 0.15) is 28.8 Å². The van der Waals surface area contributed by atoms with E-state index < -0.39 is 0 Å². The van der Waals surface area contributed by atoms with Crippen LogP contribution in [0.4, 0.5) is 0 Å². The molecule has 0 aromatic heterocycles. The number of hydrogen-bond acceptors (Lipinski definition) is 5. The Morgan fingerprint density at radius 3 is 2.76 bits per heavy atom. The molecule has 126 valence electrons. The molecule has 25 heavy (non-hydrogen) atoms. The minimum Gasteiger partial charge on any atom is -0.497 e. The van der Waals surface area contributed by atoms with Gasteiger partial charge in [-0.3, -0.25) is 9.59 Å². The summed E-state index contributed by atoms with van der Waals surface area (Å²) in [5, 5.41) is 0. The molecule has 0 atom stereocenters. The maximum absolute atomic E-state index is 12.5. The van der Waals surface area contributed by atoms with Crippen LogP contribution < -0.4 is 14.2 Å². The SMILES string of the molecule is COc1ccc2c(c1)O/C(=C\c1ccccc1OC(=O)C1CC1)C2=O. The Morgan fingerprint density at radius 1 is 1.20 bits per heavy atom. The lowest BCUT2D eigenvalue weighted by molar-refractivity contribution is -0.135. The predicted octanol–water partition coefficient (Wildman–Crippen LogP) is 3.63. The highest BCUT2D eigenvalue weighted by atomic mass is 16.5. The topological polar surface area (TPSA) is 61.8 Å². The molecule has 4 rings (SSSR count). The van der Waals surface area contributed by atoms with Crippen molar-refractivity contribution in [2.75, 3.05) is 7.11 Å². The van der Waals surface area contributed by atoms with Gasteiger partial charge in [0, 0.05) is 11.6 Å². The Kier molecular flexibility index (Phi) is 3.76. The molecule has 1 saturated carbocycles. The lowest BCUT2D eigenvalue weighted by Gasteiger charge is -2.07. The normalized spacial score (nSPS) is 17.2. The van der Waals surface area contributed by atoms with Crippen LogP contribution in [0.2, 0.25) is 0 Å². The third-order valence-electron chi connectivity index (χ3n) is 4.20. The summed E-state index contributed by atoms with van der Waals surface area (Å²) in [6.45, 7) is 0. The van der Waals surface area contributed by atoms with E-state index in [0.29, 0.717) is 28.4 Å². The van der Waals surface area contributed by atoms with E-state index in [-0.39, 0.29) is 23.4 Å². The number of allylic oxidation sites excluding steroid dienone is 1. The molecule has 2 aromatic rings. The molecular formula is C20H16O5. The summed E-state index contributed by atoms with van der Waals surface area (Å²) in [7, 11) is 1.56. The average Bonchev–Trinajstić information content (AvgIpc) is 3.43. The van der Waals surface area contributed by atoms with E-state index in [9.17, 15) is 9.59 Å². The van der Waals surface area contributed by atoms with Gasteiger partial charge in [0.1, 0.15) is 17.2 Å². The van der Waals surface area contributed by atoms with E-state index in [1.807, 2.05) is 6.07 Å².